The van der Waals surface area contributed by atoms with Crippen molar-refractivity contribution in [2.24, 2.45) is 0 Å². The molecule has 1 saturated heterocycles. The Labute approximate surface area is 494 Å². The molecular formula is C79H79BO3. The minimum absolute atomic E-state index is 0. The van der Waals surface area contributed by atoms with Crippen molar-refractivity contribution >= 4 is 73.0 Å². The fourth-order valence-electron chi connectivity index (χ4n) is 13.0. The molecule has 0 amide bonds. The molecule has 0 spiro atoms. The van der Waals surface area contributed by atoms with Crippen LogP contribution < -0.4 is 5.46 Å². The molecule has 4 aliphatic rings. The SMILES string of the molecule is C.C.CC(C)(C)c1cc2c3c(cc(C(C)(C)C)cc3c1)C1=C(c3ccccc3)C(=O)C(c3ccccc3)=C12.CC(C)(C)c1ccc2c(-c3ccccc3)c3c(c(-c4ccccc4)c2c1)-c1ccc(B2OC(C)(C)C(C)(C)O2)c2cccc-3c12. The minimum atomic E-state index is -0.432. The van der Waals surface area contributed by atoms with Gasteiger partial charge in [0.05, 0.1) is 11.2 Å². The Morgan fingerprint density at radius 2 is 0.771 bits per heavy atom. The molecule has 416 valence electrons. The maximum atomic E-state index is 14.3. The summed E-state index contributed by atoms with van der Waals surface area (Å²) in [6, 6.07) is 70.2. The molecule has 0 unspecified atom stereocenters. The summed E-state index contributed by atoms with van der Waals surface area (Å²) in [6.07, 6.45) is 0. The van der Waals surface area contributed by atoms with Crippen molar-refractivity contribution in [3.63, 3.8) is 0 Å². The van der Waals surface area contributed by atoms with Crippen molar-refractivity contribution in [1.82, 2.24) is 0 Å². The third kappa shape index (κ3) is 9.16. The van der Waals surface area contributed by atoms with Gasteiger partial charge in [0.1, 0.15) is 0 Å². The number of hydrogen-bond donors (Lipinski definition) is 0. The zero-order valence-corrected chi connectivity index (χ0v) is 49.3. The van der Waals surface area contributed by atoms with Crippen LogP contribution in [0.15, 0.2) is 194 Å². The normalized spacial score (nSPS) is 15.6. The van der Waals surface area contributed by atoms with Crippen LogP contribution >= 0.6 is 0 Å². The van der Waals surface area contributed by atoms with Gasteiger partial charge in [0, 0.05) is 22.3 Å². The Kier molecular flexibility index (Phi) is 13.8. The number of carbonyl (C=O) groups is 1. The van der Waals surface area contributed by atoms with Gasteiger partial charge in [0.25, 0.3) is 0 Å². The van der Waals surface area contributed by atoms with E-state index in [0.29, 0.717) is 0 Å². The van der Waals surface area contributed by atoms with E-state index in [4.69, 9.17) is 9.31 Å². The molecule has 1 aliphatic heterocycles. The van der Waals surface area contributed by atoms with Crippen molar-refractivity contribution in [3.05, 3.63) is 233 Å². The van der Waals surface area contributed by atoms with Crippen LogP contribution in [0, 0.1) is 0 Å². The number of carbonyl (C=O) groups excluding carboxylic acids is 1. The first-order chi connectivity index (χ1) is 38.5. The molecule has 0 radical (unpaired) electrons. The zero-order valence-electron chi connectivity index (χ0n) is 49.3. The Bertz CT molecular complexity index is 4180. The zero-order chi connectivity index (χ0) is 56.7. The summed E-state index contributed by atoms with van der Waals surface area (Å²) in [7, 11) is -0.432. The Balaban J connectivity index is 0.000000174. The summed E-state index contributed by atoms with van der Waals surface area (Å²) in [4.78, 5) is 14.3. The highest BCUT2D eigenvalue weighted by Crippen LogP contribution is 2.60. The number of allylic oxidation sites excluding steroid dienone is 4. The second-order valence-electron chi connectivity index (χ2n) is 27.0. The first kappa shape index (κ1) is 57.0. The van der Waals surface area contributed by atoms with Gasteiger partial charge >= 0.3 is 7.12 Å². The van der Waals surface area contributed by atoms with E-state index in [2.05, 4.69) is 248 Å². The molecule has 14 rings (SSSR count). The predicted octanol–water partition coefficient (Wildman–Crippen LogP) is 20.7. The summed E-state index contributed by atoms with van der Waals surface area (Å²) in [5.41, 5.74) is 22.6. The molecule has 3 nitrogen and oxygen atoms in total. The number of fused-ring (bicyclic) bond motifs is 7. The second kappa shape index (κ2) is 20.2. The highest BCUT2D eigenvalue weighted by atomic mass is 16.7. The molecule has 83 heavy (non-hydrogen) atoms. The lowest BCUT2D eigenvalue weighted by atomic mass is 9.75. The molecular weight excluding hydrogens is 1010 g/mol. The Hall–Kier alpha value is -7.89. The van der Waals surface area contributed by atoms with Gasteiger partial charge in [-0.25, -0.2) is 0 Å². The van der Waals surface area contributed by atoms with Crippen molar-refractivity contribution in [1.29, 1.82) is 0 Å². The van der Waals surface area contributed by atoms with Crippen LogP contribution in [0.3, 0.4) is 0 Å². The van der Waals surface area contributed by atoms with Gasteiger partial charge in [-0.2, -0.15) is 0 Å². The van der Waals surface area contributed by atoms with Crippen LogP contribution in [0.25, 0.3) is 99.1 Å². The average Bonchev–Trinajstić information content (AvgIpc) is 1.82. The molecule has 0 N–H and O–H groups in total. The Morgan fingerprint density at radius 3 is 1.22 bits per heavy atom. The largest absolute Gasteiger partial charge is 0.495 e. The number of benzene rings is 10. The van der Waals surface area contributed by atoms with Crippen LogP contribution in [-0.2, 0) is 30.3 Å². The maximum absolute atomic E-state index is 14.3. The first-order valence-electron chi connectivity index (χ1n) is 29.0. The quantitative estimate of drug-likeness (QED) is 0.161. The van der Waals surface area contributed by atoms with Crippen molar-refractivity contribution < 1.29 is 14.1 Å². The van der Waals surface area contributed by atoms with E-state index in [1.165, 1.54) is 105 Å². The van der Waals surface area contributed by atoms with E-state index in [-0.39, 0.29) is 36.9 Å². The lowest BCUT2D eigenvalue weighted by Gasteiger charge is -2.32. The monoisotopic (exact) mass is 1090 g/mol. The van der Waals surface area contributed by atoms with E-state index in [0.717, 1.165) is 38.9 Å². The molecule has 0 atom stereocenters. The number of hydrogen-bond acceptors (Lipinski definition) is 3. The predicted molar refractivity (Wildman–Crippen MR) is 358 cm³/mol. The van der Waals surface area contributed by atoms with Gasteiger partial charge in [-0.15, -0.1) is 0 Å². The molecule has 3 aliphatic carbocycles. The van der Waals surface area contributed by atoms with Gasteiger partial charge in [0.2, 0.25) is 0 Å². The van der Waals surface area contributed by atoms with E-state index >= 15 is 0 Å². The van der Waals surface area contributed by atoms with Gasteiger partial charge in [-0.1, -0.05) is 253 Å². The van der Waals surface area contributed by atoms with Gasteiger partial charge in [-0.05, 0) is 183 Å². The molecule has 0 saturated carbocycles. The molecule has 1 fully saturated rings. The second-order valence-corrected chi connectivity index (χ2v) is 27.0. The maximum Gasteiger partial charge on any atom is 0.495 e. The standard InChI is InChI=1S/C42H39BO2.C35H32O.2CH4/c1-40(2,3)28-21-22-29-33(25-28)36(27-17-12-9-13-18-27)39-32-23-24-34(43-44-41(4,5)42(6,7)45-43)30-19-14-20-31(37(30)32)38(39)35(29)26-15-10-8-11-16-26;1-34(2,3)24-17-23-18-25(35(4,5)6)20-27-28(23)26(19-24)31-29(21-13-9-7-10-14-21)33(36)30(32(27)31)22-15-11-8-12-16-22;;/h8-25H,1-7H3;7-20H,1-6H3;2*1H4. The fraction of sp³-hybridized carbons (Fsp3) is 0.253. The van der Waals surface area contributed by atoms with Crippen molar-refractivity contribution in [2.45, 2.75) is 132 Å². The molecule has 0 bridgehead atoms. The highest BCUT2D eigenvalue weighted by Gasteiger charge is 2.52. The Morgan fingerprint density at radius 1 is 0.349 bits per heavy atom. The van der Waals surface area contributed by atoms with Crippen LogP contribution in [0.1, 0.15) is 144 Å². The van der Waals surface area contributed by atoms with E-state index < -0.39 is 18.3 Å². The van der Waals surface area contributed by atoms with E-state index in [1.54, 1.807) is 0 Å². The van der Waals surface area contributed by atoms with E-state index in [1.807, 2.05) is 36.4 Å². The smallest absolute Gasteiger partial charge is 0.399 e. The summed E-state index contributed by atoms with van der Waals surface area (Å²) in [5.74, 6) is 0.124. The first-order valence-corrected chi connectivity index (χ1v) is 29.0. The molecule has 1 heterocycles. The fourth-order valence-corrected chi connectivity index (χ4v) is 13.0. The van der Waals surface area contributed by atoms with Crippen LogP contribution in [-0.4, -0.2) is 24.1 Å². The number of rotatable bonds is 5. The lowest BCUT2D eigenvalue weighted by molar-refractivity contribution is -0.108. The van der Waals surface area contributed by atoms with Gasteiger partial charge in [-0.3, -0.25) is 4.79 Å². The molecule has 10 aromatic rings. The third-order valence-electron chi connectivity index (χ3n) is 18.1. The topological polar surface area (TPSA) is 35.5 Å². The van der Waals surface area contributed by atoms with Crippen molar-refractivity contribution in [3.8, 4) is 44.5 Å². The number of ketones is 1. The lowest BCUT2D eigenvalue weighted by Crippen LogP contribution is -2.41. The van der Waals surface area contributed by atoms with Crippen LogP contribution in [0.2, 0.25) is 0 Å². The number of Topliss-reactive ketones (excluding diaryl/α,β-unsaturated/α-hetero) is 1. The minimum Gasteiger partial charge on any atom is -0.399 e. The third-order valence-corrected chi connectivity index (χ3v) is 18.1. The average molecular weight is 1090 g/mol. The molecule has 10 aromatic carbocycles. The summed E-state index contributed by atoms with van der Waals surface area (Å²) < 4.78 is 13.2. The molecule has 0 aromatic heterocycles. The summed E-state index contributed by atoms with van der Waals surface area (Å²) >= 11 is 0. The van der Waals surface area contributed by atoms with Gasteiger partial charge < -0.3 is 9.31 Å². The summed E-state index contributed by atoms with van der Waals surface area (Å²) in [5, 5.41) is 7.58. The van der Waals surface area contributed by atoms with Crippen molar-refractivity contribution in [2.75, 3.05) is 0 Å². The summed E-state index contributed by atoms with van der Waals surface area (Å²) in [6.45, 7) is 29.0. The molecule has 4 heteroatoms. The highest BCUT2D eigenvalue weighted by molar-refractivity contribution is 6.65. The van der Waals surface area contributed by atoms with Gasteiger partial charge in [0.15, 0.2) is 5.78 Å². The van der Waals surface area contributed by atoms with Crippen LogP contribution in [0.5, 0.6) is 0 Å². The van der Waals surface area contributed by atoms with E-state index in [9.17, 15) is 4.79 Å². The van der Waals surface area contributed by atoms with Crippen LogP contribution in [0.4, 0.5) is 0 Å².